The Kier molecular flexibility index (Phi) is 4.32. The zero-order valence-corrected chi connectivity index (χ0v) is 14.9. The van der Waals surface area contributed by atoms with E-state index in [0.717, 1.165) is 37.2 Å². The van der Waals surface area contributed by atoms with Gasteiger partial charge in [0.1, 0.15) is 6.54 Å². The number of hydrogen-bond acceptors (Lipinski definition) is 3. The van der Waals surface area contributed by atoms with Gasteiger partial charge >= 0.3 is 5.69 Å². The topological polar surface area (TPSA) is 60.1 Å². The number of aryl methyl sites for hydroxylation is 1. The van der Waals surface area contributed by atoms with Crippen LogP contribution >= 0.6 is 0 Å². The van der Waals surface area contributed by atoms with E-state index < -0.39 is 0 Å². The number of nitrogens with zero attached hydrogens (tertiary/aromatic N) is 4. The quantitative estimate of drug-likeness (QED) is 0.729. The van der Waals surface area contributed by atoms with Crippen LogP contribution in [0.1, 0.15) is 24.8 Å². The van der Waals surface area contributed by atoms with E-state index >= 15 is 0 Å². The van der Waals surface area contributed by atoms with Crippen LogP contribution < -0.4 is 5.69 Å². The Bertz CT molecular complexity index is 995. The molecule has 1 fully saturated rings. The van der Waals surface area contributed by atoms with Gasteiger partial charge in [-0.1, -0.05) is 17.7 Å². The predicted octanol–water partition coefficient (Wildman–Crippen LogP) is 2.51. The number of likely N-dealkylation sites (tertiary alicyclic amines) is 1. The van der Waals surface area contributed by atoms with Gasteiger partial charge in [-0.2, -0.15) is 0 Å². The number of amides is 1. The van der Waals surface area contributed by atoms with Gasteiger partial charge in [-0.15, -0.1) is 0 Å². The van der Waals surface area contributed by atoms with Crippen molar-refractivity contribution in [3.63, 3.8) is 0 Å². The van der Waals surface area contributed by atoms with E-state index in [9.17, 15) is 9.59 Å². The lowest BCUT2D eigenvalue weighted by atomic mass is 10.1. The molecule has 1 aromatic carbocycles. The van der Waals surface area contributed by atoms with Gasteiger partial charge in [0.25, 0.3) is 0 Å². The zero-order chi connectivity index (χ0) is 18.1. The zero-order valence-electron chi connectivity index (χ0n) is 14.9. The molecule has 0 atom stereocenters. The van der Waals surface area contributed by atoms with Crippen LogP contribution in [0.15, 0.2) is 47.4 Å². The fourth-order valence-electron chi connectivity index (χ4n) is 3.54. The SMILES string of the molecule is Cc1ccc(-n2c(=O)n(CC(=O)N3CCCCC3)c3cccnc32)cc1. The van der Waals surface area contributed by atoms with Crippen molar-refractivity contribution in [2.45, 2.75) is 32.7 Å². The third-order valence-corrected chi connectivity index (χ3v) is 4.99. The van der Waals surface area contributed by atoms with E-state index in [-0.39, 0.29) is 18.1 Å². The number of benzene rings is 1. The molecule has 2 aromatic heterocycles. The van der Waals surface area contributed by atoms with Gasteiger partial charge in [0.15, 0.2) is 5.65 Å². The minimum Gasteiger partial charge on any atom is -0.341 e. The molecule has 0 radical (unpaired) electrons. The van der Waals surface area contributed by atoms with Crippen LogP contribution in [0, 0.1) is 6.92 Å². The maximum absolute atomic E-state index is 13.1. The highest BCUT2D eigenvalue weighted by Crippen LogP contribution is 2.17. The molecule has 1 saturated heterocycles. The molecule has 26 heavy (non-hydrogen) atoms. The Hall–Kier alpha value is -2.89. The Labute approximate surface area is 151 Å². The first-order chi connectivity index (χ1) is 12.6. The number of carbonyl (C=O) groups excluding carboxylic acids is 1. The molecule has 0 N–H and O–H groups in total. The summed E-state index contributed by atoms with van der Waals surface area (Å²) >= 11 is 0. The Morgan fingerprint density at radius 2 is 1.81 bits per heavy atom. The standard InChI is InChI=1S/C20H22N4O2/c1-15-7-9-16(10-8-15)24-19-17(6-5-11-21-19)23(20(24)26)14-18(25)22-12-3-2-4-13-22/h5-11H,2-4,12-14H2,1H3. The molecule has 3 heterocycles. The first-order valence-electron chi connectivity index (χ1n) is 9.06. The summed E-state index contributed by atoms with van der Waals surface area (Å²) in [5.74, 6) is -0.00129. The van der Waals surface area contributed by atoms with E-state index in [1.807, 2.05) is 42.2 Å². The van der Waals surface area contributed by atoms with Crippen LogP contribution in [0.25, 0.3) is 16.9 Å². The molecule has 0 unspecified atom stereocenters. The van der Waals surface area contributed by atoms with Gasteiger partial charge < -0.3 is 4.90 Å². The van der Waals surface area contributed by atoms with E-state index in [0.29, 0.717) is 11.2 Å². The lowest BCUT2D eigenvalue weighted by Crippen LogP contribution is -2.39. The predicted molar refractivity (Wildman–Crippen MR) is 100 cm³/mol. The number of carbonyl (C=O) groups is 1. The minimum atomic E-state index is -0.229. The number of rotatable bonds is 3. The second-order valence-electron chi connectivity index (χ2n) is 6.83. The Morgan fingerprint density at radius 3 is 2.54 bits per heavy atom. The maximum atomic E-state index is 13.1. The second-order valence-corrected chi connectivity index (χ2v) is 6.83. The normalized spacial score (nSPS) is 14.7. The largest absolute Gasteiger partial charge is 0.341 e. The van der Waals surface area contributed by atoms with Crippen LogP contribution in [-0.4, -0.2) is 38.0 Å². The van der Waals surface area contributed by atoms with Gasteiger partial charge in [0.05, 0.1) is 11.2 Å². The highest BCUT2D eigenvalue weighted by atomic mass is 16.2. The number of piperidine rings is 1. The van der Waals surface area contributed by atoms with Gasteiger partial charge in [-0.05, 0) is 50.5 Å². The van der Waals surface area contributed by atoms with E-state index in [2.05, 4.69) is 4.98 Å². The summed E-state index contributed by atoms with van der Waals surface area (Å²) in [6.45, 7) is 3.62. The highest BCUT2D eigenvalue weighted by Gasteiger charge is 2.21. The molecule has 0 aliphatic carbocycles. The summed E-state index contributed by atoms with van der Waals surface area (Å²) in [6, 6.07) is 11.4. The fourth-order valence-corrected chi connectivity index (χ4v) is 3.54. The van der Waals surface area contributed by atoms with Gasteiger partial charge in [0, 0.05) is 19.3 Å². The minimum absolute atomic E-state index is 0.00129. The monoisotopic (exact) mass is 350 g/mol. The van der Waals surface area contributed by atoms with Crippen molar-refractivity contribution in [1.82, 2.24) is 19.0 Å². The summed E-state index contributed by atoms with van der Waals surface area (Å²) in [6.07, 6.45) is 4.91. The van der Waals surface area contributed by atoms with Crippen molar-refractivity contribution >= 4 is 17.1 Å². The van der Waals surface area contributed by atoms with Gasteiger partial charge in [0.2, 0.25) is 5.91 Å². The third-order valence-electron chi connectivity index (χ3n) is 4.99. The van der Waals surface area contributed by atoms with Crippen molar-refractivity contribution < 1.29 is 4.79 Å². The fraction of sp³-hybridized carbons (Fsp3) is 0.350. The molecule has 6 heteroatoms. The van der Waals surface area contributed by atoms with Gasteiger partial charge in [-0.25, -0.2) is 14.3 Å². The molecule has 3 aromatic rings. The lowest BCUT2D eigenvalue weighted by Gasteiger charge is -2.26. The molecule has 6 nitrogen and oxygen atoms in total. The summed E-state index contributed by atoms with van der Waals surface area (Å²) in [5.41, 5.74) is 2.91. The lowest BCUT2D eigenvalue weighted by molar-refractivity contribution is -0.132. The summed E-state index contributed by atoms with van der Waals surface area (Å²) in [7, 11) is 0. The smallest absolute Gasteiger partial charge is 0.335 e. The summed E-state index contributed by atoms with van der Waals surface area (Å²) in [5, 5.41) is 0. The van der Waals surface area contributed by atoms with Crippen molar-refractivity contribution in [2.24, 2.45) is 0 Å². The van der Waals surface area contributed by atoms with Crippen molar-refractivity contribution in [3.8, 4) is 5.69 Å². The third kappa shape index (κ3) is 2.92. The van der Waals surface area contributed by atoms with Crippen LogP contribution in [0.5, 0.6) is 0 Å². The van der Waals surface area contributed by atoms with Crippen LogP contribution in [0.2, 0.25) is 0 Å². The number of imidazole rings is 1. The van der Waals surface area contributed by atoms with Crippen LogP contribution in [0.3, 0.4) is 0 Å². The summed E-state index contributed by atoms with van der Waals surface area (Å²) in [4.78, 5) is 32.1. The molecule has 0 saturated carbocycles. The van der Waals surface area contributed by atoms with Crippen molar-refractivity contribution in [2.75, 3.05) is 13.1 Å². The van der Waals surface area contributed by atoms with E-state index in [1.165, 1.54) is 6.42 Å². The molecule has 0 spiro atoms. The average Bonchev–Trinajstić information content (AvgIpc) is 2.95. The summed E-state index contributed by atoms with van der Waals surface area (Å²) < 4.78 is 3.12. The van der Waals surface area contributed by atoms with Crippen LogP contribution in [-0.2, 0) is 11.3 Å². The average molecular weight is 350 g/mol. The van der Waals surface area contributed by atoms with Crippen molar-refractivity contribution in [1.29, 1.82) is 0 Å². The first-order valence-corrected chi connectivity index (χ1v) is 9.06. The van der Waals surface area contributed by atoms with E-state index in [4.69, 9.17) is 0 Å². The van der Waals surface area contributed by atoms with E-state index in [1.54, 1.807) is 21.4 Å². The Balaban J connectivity index is 1.78. The molecular weight excluding hydrogens is 328 g/mol. The maximum Gasteiger partial charge on any atom is 0.335 e. The van der Waals surface area contributed by atoms with Gasteiger partial charge in [-0.3, -0.25) is 9.36 Å². The number of fused-ring (bicyclic) bond motifs is 1. The second kappa shape index (κ2) is 6.78. The number of pyridine rings is 1. The van der Waals surface area contributed by atoms with Crippen LogP contribution in [0.4, 0.5) is 0 Å². The molecule has 1 aliphatic rings. The molecule has 4 rings (SSSR count). The number of hydrogen-bond donors (Lipinski definition) is 0. The molecule has 1 amide bonds. The highest BCUT2D eigenvalue weighted by molar-refractivity contribution is 5.80. The Morgan fingerprint density at radius 1 is 1.08 bits per heavy atom. The molecule has 134 valence electrons. The van der Waals surface area contributed by atoms with Crippen molar-refractivity contribution in [3.05, 3.63) is 58.6 Å². The number of aromatic nitrogens is 3. The molecular formula is C20H22N4O2. The first kappa shape index (κ1) is 16.6. The molecule has 1 aliphatic heterocycles. The molecule has 0 bridgehead atoms.